The zero-order chi connectivity index (χ0) is 13.5. The third-order valence-electron chi connectivity index (χ3n) is 3.45. The fraction of sp³-hybridized carbons (Fsp3) is 1.00. The molecule has 0 aromatic heterocycles. The maximum Gasteiger partial charge on any atom is 0.0898 e. The Morgan fingerprint density at radius 3 is 1.88 bits per heavy atom. The third kappa shape index (κ3) is 7.02. The fourth-order valence-electron chi connectivity index (χ4n) is 1.86. The van der Waals surface area contributed by atoms with Crippen molar-refractivity contribution >= 4 is 0 Å². The van der Waals surface area contributed by atoms with Gasteiger partial charge in [0.2, 0.25) is 0 Å². The van der Waals surface area contributed by atoms with Crippen molar-refractivity contribution in [1.82, 2.24) is 5.32 Å². The zero-order valence-electron chi connectivity index (χ0n) is 12.5. The minimum absolute atomic E-state index is 0.169. The molecule has 0 amide bonds. The van der Waals surface area contributed by atoms with Gasteiger partial charge in [-0.1, -0.05) is 20.8 Å². The van der Waals surface area contributed by atoms with Crippen LogP contribution >= 0.6 is 0 Å². The van der Waals surface area contributed by atoms with Crippen molar-refractivity contribution in [3.05, 3.63) is 0 Å². The Bertz CT molecular complexity index is 187. The lowest BCUT2D eigenvalue weighted by Crippen LogP contribution is -2.48. The molecule has 0 rings (SSSR count). The summed E-state index contributed by atoms with van der Waals surface area (Å²) in [6.45, 7) is 13.6. The highest BCUT2D eigenvalue weighted by Gasteiger charge is 2.24. The van der Waals surface area contributed by atoms with Crippen molar-refractivity contribution in [2.45, 2.75) is 78.0 Å². The molecule has 17 heavy (non-hydrogen) atoms. The van der Waals surface area contributed by atoms with Crippen molar-refractivity contribution in [1.29, 1.82) is 0 Å². The first kappa shape index (κ1) is 16.9. The van der Waals surface area contributed by atoms with Gasteiger partial charge in [0.1, 0.15) is 0 Å². The van der Waals surface area contributed by atoms with Crippen molar-refractivity contribution < 1.29 is 9.84 Å². The lowest BCUT2D eigenvalue weighted by molar-refractivity contribution is -0.0496. The molecule has 0 aliphatic rings. The van der Waals surface area contributed by atoms with E-state index < -0.39 is 6.10 Å². The van der Waals surface area contributed by atoms with Crippen LogP contribution < -0.4 is 5.32 Å². The average Bonchev–Trinajstić information content (AvgIpc) is 2.28. The minimum Gasteiger partial charge on any atom is -0.389 e. The molecule has 0 saturated heterocycles. The van der Waals surface area contributed by atoms with Crippen LogP contribution in [0.3, 0.4) is 0 Å². The summed E-state index contributed by atoms with van der Waals surface area (Å²) in [5.74, 6) is 0. The number of hydrogen-bond acceptors (Lipinski definition) is 3. The van der Waals surface area contributed by atoms with E-state index in [2.05, 4.69) is 26.1 Å². The summed E-state index contributed by atoms with van der Waals surface area (Å²) in [6, 6.07) is 0. The Hall–Kier alpha value is -0.120. The molecule has 2 N–H and O–H groups in total. The van der Waals surface area contributed by atoms with Crippen LogP contribution in [0.15, 0.2) is 0 Å². The number of hydrogen-bond donors (Lipinski definition) is 2. The van der Waals surface area contributed by atoms with E-state index in [-0.39, 0.29) is 11.1 Å². The lowest BCUT2D eigenvalue weighted by atomic mass is 9.89. The lowest BCUT2D eigenvalue weighted by Gasteiger charge is -2.33. The van der Waals surface area contributed by atoms with Gasteiger partial charge in [-0.15, -0.1) is 0 Å². The van der Waals surface area contributed by atoms with Crippen molar-refractivity contribution in [3.8, 4) is 0 Å². The van der Waals surface area contributed by atoms with Gasteiger partial charge in [0.05, 0.1) is 18.3 Å². The molecule has 1 unspecified atom stereocenters. The van der Waals surface area contributed by atoms with Crippen LogP contribution in [-0.2, 0) is 4.74 Å². The minimum atomic E-state index is -0.432. The fourth-order valence-corrected chi connectivity index (χ4v) is 1.86. The Balaban J connectivity index is 4.01. The first-order chi connectivity index (χ1) is 7.78. The van der Waals surface area contributed by atoms with Gasteiger partial charge in [0.15, 0.2) is 0 Å². The van der Waals surface area contributed by atoms with E-state index >= 15 is 0 Å². The van der Waals surface area contributed by atoms with Crippen LogP contribution in [0, 0.1) is 0 Å². The molecule has 0 bridgehead atoms. The second-order valence-electron chi connectivity index (χ2n) is 5.80. The Morgan fingerprint density at radius 2 is 1.53 bits per heavy atom. The highest BCUT2D eigenvalue weighted by molar-refractivity contribution is 4.84. The largest absolute Gasteiger partial charge is 0.389 e. The Kier molecular flexibility index (Phi) is 7.29. The first-order valence-electron chi connectivity index (χ1n) is 6.85. The molecule has 3 heteroatoms. The zero-order valence-corrected chi connectivity index (χ0v) is 12.5. The maximum atomic E-state index is 9.87. The van der Waals surface area contributed by atoms with Crippen molar-refractivity contribution in [2.24, 2.45) is 0 Å². The van der Waals surface area contributed by atoms with Crippen molar-refractivity contribution in [2.75, 3.05) is 13.2 Å². The summed E-state index contributed by atoms with van der Waals surface area (Å²) in [5.41, 5.74) is -0.0128. The molecule has 104 valence electrons. The first-order valence-corrected chi connectivity index (χ1v) is 6.85. The van der Waals surface area contributed by atoms with Crippen LogP contribution in [0.2, 0.25) is 0 Å². The number of aliphatic hydroxyl groups is 1. The molecule has 0 aliphatic carbocycles. The summed E-state index contributed by atoms with van der Waals surface area (Å²) < 4.78 is 5.57. The molecule has 0 fully saturated rings. The monoisotopic (exact) mass is 245 g/mol. The maximum absolute atomic E-state index is 9.87. The van der Waals surface area contributed by atoms with E-state index in [1.807, 2.05) is 20.8 Å². The van der Waals surface area contributed by atoms with Gasteiger partial charge in [-0.05, 0) is 40.0 Å². The third-order valence-corrected chi connectivity index (χ3v) is 3.45. The molecule has 0 heterocycles. The summed E-state index contributed by atoms with van der Waals surface area (Å²) in [5, 5.41) is 13.4. The average molecular weight is 245 g/mol. The van der Waals surface area contributed by atoms with Crippen LogP contribution in [0.1, 0.15) is 60.8 Å². The molecule has 0 spiro atoms. The Labute approximate surface area is 107 Å². The number of ether oxygens (including phenoxy) is 1. The summed E-state index contributed by atoms with van der Waals surface area (Å²) >= 11 is 0. The van der Waals surface area contributed by atoms with E-state index in [0.29, 0.717) is 13.2 Å². The standard InChI is InChI=1S/C14H31NO2/c1-7-14(8-2,9-3)15-10-12(16)11-17-13(4,5)6/h12,15-16H,7-11H2,1-6H3. The highest BCUT2D eigenvalue weighted by atomic mass is 16.5. The van der Waals surface area contributed by atoms with Crippen LogP contribution in [0.4, 0.5) is 0 Å². The quantitative estimate of drug-likeness (QED) is 0.691. The summed E-state index contributed by atoms with van der Waals surface area (Å²) in [6.07, 6.45) is 2.84. The topological polar surface area (TPSA) is 41.5 Å². The summed E-state index contributed by atoms with van der Waals surface area (Å²) in [7, 11) is 0. The van der Waals surface area contributed by atoms with Gasteiger partial charge in [0.25, 0.3) is 0 Å². The molecule has 1 atom stereocenters. The van der Waals surface area contributed by atoms with Gasteiger partial charge in [-0.3, -0.25) is 0 Å². The highest BCUT2D eigenvalue weighted by Crippen LogP contribution is 2.19. The van der Waals surface area contributed by atoms with Crippen LogP contribution in [-0.4, -0.2) is 35.5 Å². The molecule has 0 radical (unpaired) electrons. The molecule has 0 aromatic rings. The molecule has 0 aromatic carbocycles. The van der Waals surface area contributed by atoms with Crippen LogP contribution in [0.25, 0.3) is 0 Å². The van der Waals surface area contributed by atoms with Gasteiger partial charge >= 0.3 is 0 Å². The number of aliphatic hydroxyl groups excluding tert-OH is 1. The smallest absolute Gasteiger partial charge is 0.0898 e. The molecule has 0 saturated carbocycles. The van der Waals surface area contributed by atoms with Gasteiger partial charge in [0, 0.05) is 12.1 Å². The second-order valence-corrected chi connectivity index (χ2v) is 5.80. The molecule has 0 aliphatic heterocycles. The predicted molar refractivity (Wildman–Crippen MR) is 73.3 cm³/mol. The predicted octanol–water partition coefficient (Wildman–Crippen LogP) is 2.72. The van der Waals surface area contributed by atoms with Crippen molar-refractivity contribution in [3.63, 3.8) is 0 Å². The SMILES string of the molecule is CCC(CC)(CC)NCC(O)COC(C)(C)C. The van der Waals surface area contributed by atoms with Gasteiger partial charge in [-0.25, -0.2) is 0 Å². The summed E-state index contributed by atoms with van der Waals surface area (Å²) in [4.78, 5) is 0. The molecular weight excluding hydrogens is 214 g/mol. The second kappa shape index (κ2) is 7.34. The van der Waals surface area contributed by atoms with Gasteiger partial charge < -0.3 is 15.2 Å². The van der Waals surface area contributed by atoms with Crippen LogP contribution in [0.5, 0.6) is 0 Å². The molecule has 3 nitrogen and oxygen atoms in total. The van der Waals surface area contributed by atoms with E-state index in [9.17, 15) is 5.11 Å². The normalized spacial score (nSPS) is 15.0. The van der Waals surface area contributed by atoms with E-state index in [4.69, 9.17) is 4.74 Å². The number of nitrogens with one attached hydrogen (secondary N) is 1. The van der Waals surface area contributed by atoms with Gasteiger partial charge in [-0.2, -0.15) is 0 Å². The van der Waals surface area contributed by atoms with E-state index in [1.54, 1.807) is 0 Å². The van der Waals surface area contributed by atoms with E-state index in [1.165, 1.54) is 0 Å². The Morgan fingerprint density at radius 1 is 1.06 bits per heavy atom. The molecular formula is C14H31NO2. The number of β-amino-alcohol motifs (C(OH)–C–C–N with tert-alkyl or cyclic N) is 1. The van der Waals surface area contributed by atoms with E-state index in [0.717, 1.165) is 19.3 Å². The number of rotatable bonds is 8.